The topological polar surface area (TPSA) is 52.6 Å². The van der Waals surface area contributed by atoms with Gasteiger partial charge in [0.25, 0.3) is 0 Å². The predicted octanol–water partition coefficient (Wildman–Crippen LogP) is 10.6. The van der Waals surface area contributed by atoms with Crippen LogP contribution in [0.2, 0.25) is 10.0 Å². The number of carbonyl (C=O) groups excluding carboxylic acids is 2. The smallest absolute Gasteiger partial charge is 0.193 e. The standard InChI is InChI=1S/C39H26Cl2O4/c40-32-17-9-26(10-18-32)38(42)28-13-21-34(22-14-28)44-36-7-3-1-5-30(36)25-31-6-2-4-8-37(31)45-35-23-15-29(16-24-35)39(43)27-11-19-33(41)20-12-27/h1-24H,25H2. The number of para-hydroxylation sites is 2. The first-order valence-electron chi connectivity index (χ1n) is 14.2. The summed E-state index contributed by atoms with van der Waals surface area (Å²) in [5.41, 5.74) is 4.21. The number of benzene rings is 6. The zero-order chi connectivity index (χ0) is 31.2. The normalized spacial score (nSPS) is 10.7. The van der Waals surface area contributed by atoms with Crippen molar-refractivity contribution < 1.29 is 19.1 Å². The average Bonchev–Trinajstić information content (AvgIpc) is 3.07. The second-order valence-electron chi connectivity index (χ2n) is 10.3. The lowest BCUT2D eigenvalue weighted by atomic mass is 10.0. The summed E-state index contributed by atoms with van der Waals surface area (Å²) in [4.78, 5) is 25.7. The third-order valence-electron chi connectivity index (χ3n) is 7.23. The maximum atomic E-state index is 12.8. The van der Waals surface area contributed by atoms with Crippen LogP contribution in [0.5, 0.6) is 23.0 Å². The number of hydrogen-bond acceptors (Lipinski definition) is 4. The van der Waals surface area contributed by atoms with Crippen LogP contribution in [0.15, 0.2) is 146 Å². The van der Waals surface area contributed by atoms with E-state index in [1.165, 1.54) is 0 Å². The maximum absolute atomic E-state index is 12.8. The molecule has 4 nitrogen and oxygen atoms in total. The second kappa shape index (κ2) is 13.6. The van der Waals surface area contributed by atoms with Crippen LogP contribution < -0.4 is 9.47 Å². The molecule has 45 heavy (non-hydrogen) atoms. The van der Waals surface area contributed by atoms with Gasteiger partial charge in [0, 0.05) is 38.7 Å². The van der Waals surface area contributed by atoms with E-state index >= 15 is 0 Å². The van der Waals surface area contributed by atoms with Crippen LogP contribution in [0.4, 0.5) is 0 Å². The van der Waals surface area contributed by atoms with Crippen molar-refractivity contribution in [3.63, 3.8) is 0 Å². The molecule has 6 heteroatoms. The van der Waals surface area contributed by atoms with Crippen LogP contribution >= 0.6 is 23.2 Å². The molecule has 0 atom stereocenters. The lowest BCUT2D eigenvalue weighted by Crippen LogP contribution is -2.01. The highest BCUT2D eigenvalue weighted by Crippen LogP contribution is 2.32. The third-order valence-corrected chi connectivity index (χ3v) is 7.73. The molecule has 0 saturated heterocycles. The molecule has 0 unspecified atom stereocenters. The van der Waals surface area contributed by atoms with E-state index in [0.717, 1.165) is 11.1 Å². The minimum absolute atomic E-state index is 0.0852. The van der Waals surface area contributed by atoms with E-state index < -0.39 is 0 Å². The van der Waals surface area contributed by atoms with Crippen LogP contribution in [-0.4, -0.2) is 11.6 Å². The van der Waals surface area contributed by atoms with Crippen molar-refractivity contribution in [1.82, 2.24) is 0 Å². The molecule has 0 aliphatic heterocycles. The largest absolute Gasteiger partial charge is 0.457 e. The molecule has 0 saturated carbocycles. The van der Waals surface area contributed by atoms with Crippen LogP contribution in [0.25, 0.3) is 0 Å². The first-order valence-corrected chi connectivity index (χ1v) is 15.0. The van der Waals surface area contributed by atoms with Crippen molar-refractivity contribution in [1.29, 1.82) is 0 Å². The van der Waals surface area contributed by atoms with Gasteiger partial charge in [-0.15, -0.1) is 0 Å². The van der Waals surface area contributed by atoms with Gasteiger partial charge >= 0.3 is 0 Å². The summed E-state index contributed by atoms with van der Waals surface area (Å²) in [6.07, 6.45) is 0.562. The fourth-order valence-electron chi connectivity index (χ4n) is 4.84. The molecule has 0 N–H and O–H groups in total. The zero-order valence-corrected chi connectivity index (χ0v) is 25.5. The fraction of sp³-hybridized carbons (Fsp3) is 0.0256. The van der Waals surface area contributed by atoms with Crippen molar-refractivity contribution in [3.05, 3.63) is 189 Å². The molecule has 0 spiro atoms. The highest BCUT2D eigenvalue weighted by atomic mass is 35.5. The summed E-state index contributed by atoms with van der Waals surface area (Å²) in [5.74, 6) is 2.47. The zero-order valence-electron chi connectivity index (χ0n) is 24.0. The third kappa shape index (κ3) is 7.32. The van der Waals surface area contributed by atoms with Gasteiger partial charge in [-0.05, 0) is 120 Å². The molecule has 0 fully saturated rings. The molecule has 0 aromatic heterocycles. The molecule has 0 aliphatic rings. The molecule has 0 bridgehead atoms. The lowest BCUT2D eigenvalue weighted by Gasteiger charge is -2.15. The second-order valence-corrected chi connectivity index (χ2v) is 11.2. The van der Waals surface area contributed by atoms with Crippen LogP contribution in [-0.2, 0) is 6.42 Å². The van der Waals surface area contributed by atoms with Crippen molar-refractivity contribution in [3.8, 4) is 23.0 Å². The van der Waals surface area contributed by atoms with E-state index in [1.54, 1.807) is 97.1 Å². The van der Waals surface area contributed by atoms with Gasteiger partial charge in [0.15, 0.2) is 11.6 Å². The molecule has 6 aromatic rings. The number of ether oxygens (including phenoxy) is 2. The van der Waals surface area contributed by atoms with Gasteiger partial charge in [0.1, 0.15) is 23.0 Å². The van der Waals surface area contributed by atoms with E-state index in [1.807, 2.05) is 48.5 Å². The molecular weight excluding hydrogens is 603 g/mol. The monoisotopic (exact) mass is 628 g/mol. The van der Waals surface area contributed by atoms with Gasteiger partial charge in [-0.25, -0.2) is 0 Å². The van der Waals surface area contributed by atoms with Gasteiger partial charge in [0.2, 0.25) is 0 Å². The Morgan fingerprint density at radius 1 is 0.422 bits per heavy atom. The summed E-state index contributed by atoms with van der Waals surface area (Å²) in [7, 11) is 0. The number of rotatable bonds is 10. The highest BCUT2D eigenvalue weighted by Gasteiger charge is 2.13. The Morgan fingerprint density at radius 2 is 0.733 bits per heavy atom. The van der Waals surface area contributed by atoms with Gasteiger partial charge in [0.05, 0.1) is 0 Å². The summed E-state index contributed by atoms with van der Waals surface area (Å²) in [5, 5.41) is 1.17. The summed E-state index contributed by atoms with van der Waals surface area (Å²) in [6.45, 7) is 0. The number of hydrogen-bond donors (Lipinski definition) is 0. The Kier molecular flexibility index (Phi) is 9.06. The van der Waals surface area contributed by atoms with E-state index in [2.05, 4.69) is 0 Å². The molecule has 0 heterocycles. The molecule has 6 rings (SSSR count). The van der Waals surface area contributed by atoms with Crippen LogP contribution in [0.3, 0.4) is 0 Å². The molecule has 0 radical (unpaired) electrons. The molecule has 0 aliphatic carbocycles. The lowest BCUT2D eigenvalue weighted by molar-refractivity contribution is 0.103. The first-order chi connectivity index (χ1) is 21.9. The predicted molar refractivity (Wildman–Crippen MR) is 178 cm³/mol. The number of halogens is 2. The highest BCUT2D eigenvalue weighted by molar-refractivity contribution is 6.31. The van der Waals surface area contributed by atoms with E-state index in [-0.39, 0.29) is 11.6 Å². The molecular formula is C39H26Cl2O4. The van der Waals surface area contributed by atoms with Crippen LogP contribution in [0, 0.1) is 0 Å². The van der Waals surface area contributed by atoms with Gasteiger partial charge in [-0.2, -0.15) is 0 Å². The Balaban J connectivity index is 1.15. The average molecular weight is 630 g/mol. The Bertz CT molecular complexity index is 1800. The minimum atomic E-state index is -0.0852. The summed E-state index contributed by atoms with van der Waals surface area (Å²) < 4.78 is 12.5. The SMILES string of the molecule is O=C(c1ccc(Cl)cc1)c1ccc(Oc2ccccc2Cc2ccccc2Oc2ccc(C(=O)c3ccc(Cl)cc3)cc2)cc1. The number of ketones is 2. The Labute approximate surface area is 271 Å². The van der Waals surface area contributed by atoms with E-state index in [0.29, 0.717) is 61.7 Å². The van der Waals surface area contributed by atoms with Crippen molar-refractivity contribution in [2.45, 2.75) is 6.42 Å². The quantitative estimate of drug-likeness (QED) is 0.142. The fourth-order valence-corrected chi connectivity index (χ4v) is 5.09. The van der Waals surface area contributed by atoms with E-state index in [4.69, 9.17) is 32.7 Å². The molecule has 220 valence electrons. The summed E-state index contributed by atoms with van der Waals surface area (Å²) in [6, 6.07) is 43.5. The Hall–Kier alpha value is -5.16. The van der Waals surface area contributed by atoms with Crippen molar-refractivity contribution in [2.24, 2.45) is 0 Å². The van der Waals surface area contributed by atoms with Crippen LogP contribution in [0.1, 0.15) is 43.0 Å². The van der Waals surface area contributed by atoms with Gasteiger partial charge < -0.3 is 9.47 Å². The van der Waals surface area contributed by atoms with Crippen molar-refractivity contribution in [2.75, 3.05) is 0 Å². The van der Waals surface area contributed by atoms with E-state index in [9.17, 15) is 9.59 Å². The molecule has 0 amide bonds. The summed E-state index contributed by atoms with van der Waals surface area (Å²) >= 11 is 11.9. The Morgan fingerprint density at radius 3 is 1.09 bits per heavy atom. The van der Waals surface area contributed by atoms with Gasteiger partial charge in [-0.3, -0.25) is 9.59 Å². The molecule has 6 aromatic carbocycles. The maximum Gasteiger partial charge on any atom is 0.193 e. The number of carbonyl (C=O) groups is 2. The first kappa shape index (κ1) is 29.9. The van der Waals surface area contributed by atoms with Gasteiger partial charge in [-0.1, -0.05) is 59.6 Å². The van der Waals surface area contributed by atoms with Crippen molar-refractivity contribution >= 4 is 34.8 Å². The minimum Gasteiger partial charge on any atom is -0.457 e.